The lowest BCUT2D eigenvalue weighted by Gasteiger charge is -2.25. The second kappa shape index (κ2) is 8.93. The SMILES string of the molecule is CCCCCCCCN1CCCC1CC(C)O. The summed E-state index contributed by atoms with van der Waals surface area (Å²) >= 11 is 0. The predicted octanol–water partition coefficient (Wildman–Crippen LogP) is 3.58. The van der Waals surface area contributed by atoms with Gasteiger partial charge in [0.25, 0.3) is 0 Å². The molecule has 17 heavy (non-hydrogen) atoms. The first-order valence-electron chi connectivity index (χ1n) is 7.66. The van der Waals surface area contributed by atoms with E-state index in [0.29, 0.717) is 6.04 Å². The molecule has 0 aromatic carbocycles. The van der Waals surface area contributed by atoms with Crippen LogP contribution in [-0.4, -0.2) is 35.2 Å². The normalized spacial score (nSPS) is 23.1. The quantitative estimate of drug-likeness (QED) is 0.624. The van der Waals surface area contributed by atoms with Crippen LogP contribution in [0.5, 0.6) is 0 Å². The van der Waals surface area contributed by atoms with E-state index in [-0.39, 0.29) is 6.10 Å². The molecule has 0 spiro atoms. The molecule has 1 saturated heterocycles. The standard InChI is InChI=1S/C15H31NO/c1-3-4-5-6-7-8-11-16-12-9-10-15(16)13-14(2)17/h14-15,17H,3-13H2,1-2H3. The third kappa shape index (κ3) is 6.42. The van der Waals surface area contributed by atoms with Crippen molar-refractivity contribution in [3.8, 4) is 0 Å². The highest BCUT2D eigenvalue weighted by Gasteiger charge is 2.24. The molecule has 0 saturated carbocycles. The van der Waals surface area contributed by atoms with E-state index in [4.69, 9.17) is 0 Å². The van der Waals surface area contributed by atoms with Crippen LogP contribution in [0.1, 0.15) is 71.6 Å². The number of rotatable bonds is 9. The van der Waals surface area contributed by atoms with Crippen LogP contribution in [-0.2, 0) is 0 Å². The molecule has 1 heterocycles. The van der Waals surface area contributed by atoms with Gasteiger partial charge in [-0.15, -0.1) is 0 Å². The number of nitrogens with zero attached hydrogens (tertiary/aromatic N) is 1. The first-order valence-corrected chi connectivity index (χ1v) is 7.66. The lowest BCUT2D eigenvalue weighted by molar-refractivity contribution is 0.133. The molecule has 2 unspecified atom stereocenters. The maximum absolute atomic E-state index is 9.47. The maximum atomic E-state index is 9.47. The van der Waals surface area contributed by atoms with Gasteiger partial charge in [-0.1, -0.05) is 39.0 Å². The van der Waals surface area contributed by atoms with Gasteiger partial charge in [-0.2, -0.15) is 0 Å². The Labute approximate surface area is 107 Å². The Morgan fingerprint density at radius 1 is 1.18 bits per heavy atom. The third-order valence-corrected chi connectivity index (χ3v) is 3.91. The number of aliphatic hydroxyl groups excluding tert-OH is 1. The Morgan fingerprint density at radius 3 is 2.59 bits per heavy atom. The third-order valence-electron chi connectivity index (χ3n) is 3.91. The van der Waals surface area contributed by atoms with Crippen LogP contribution in [0.25, 0.3) is 0 Å². The molecular formula is C15H31NO. The van der Waals surface area contributed by atoms with Gasteiger partial charge in [0, 0.05) is 6.04 Å². The topological polar surface area (TPSA) is 23.5 Å². The fraction of sp³-hybridized carbons (Fsp3) is 1.00. The van der Waals surface area contributed by atoms with Gasteiger partial charge in [0.15, 0.2) is 0 Å². The number of aliphatic hydroxyl groups is 1. The second-order valence-corrected chi connectivity index (χ2v) is 5.68. The Kier molecular flexibility index (Phi) is 7.87. The van der Waals surface area contributed by atoms with E-state index >= 15 is 0 Å². The predicted molar refractivity (Wildman–Crippen MR) is 74.3 cm³/mol. The Hall–Kier alpha value is -0.0800. The molecule has 0 aliphatic carbocycles. The smallest absolute Gasteiger partial charge is 0.0527 e. The van der Waals surface area contributed by atoms with Crippen LogP contribution in [0.4, 0.5) is 0 Å². The summed E-state index contributed by atoms with van der Waals surface area (Å²) in [5.41, 5.74) is 0. The summed E-state index contributed by atoms with van der Waals surface area (Å²) in [6.07, 6.45) is 11.7. The van der Waals surface area contributed by atoms with Gasteiger partial charge in [0.1, 0.15) is 0 Å². The largest absolute Gasteiger partial charge is 0.393 e. The summed E-state index contributed by atoms with van der Waals surface area (Å²) < 4.78 is 0. The highest BCUT2D eigenvalue weighted by Crippen LogP contribution is 2.22. The van der Waals surface area contributed by atoms with Crippen LogP contribution >= 0.6 is 0 Å². The van der Waals surface area contributed by atoms with Crippen LogP contribution < -0.4 is 0 Å². The monoisotopic (exact) mass is 241 g/mol. The molecule has 0 aromatic rings. The average molecular weight is 241 g/mol. The van der Waals surface area contributed by atoms with Crippen molar-refractivity contribution in [3.63, 3.8) is 0 Å². The molecule has 0 bridgehead atoms. The molecule has 1 fully saturated rings. The van der Waals surface area contributed by atoms with Crippen molar-refractivity contribution in [3.05, 3.63) is 0 Å². The molecule has 2 atom stereocenters. The summed E-state index contributed by atoms with van der Waals surface area (Å²) in [4.78, 5) is 2.60. The molecule has 102 valence electrons. The highest BCUT2D eigenvalue weighted by atomic mass is 16.3. The maximum Gasteiger partial charge on any atom is 0.0527 e. The molecule has 0 aromatic heterocycles. The molecule has 1 aliphatic heterocycles. The van der Waals surface area contributed by atoms with Crippen molar-refractivity contribution in [2.45, 2.75) is 83.8 Å². The minimum Gasteiger partial charge on any atom is -0.393 e. The molecule has 0 radical (unpaired) electrons. The van der Waals surface area contributed by atoms with Gasteiger partial charge in [-0.3, -0.25) is 0 Å². The van der Waals surface area contributed by atoms with Crippen LogP contribution in [0.15, 0.2) is 0 Å². The Morgan fingerprint density at radius 2 is 1.88 bits per heavy atom. The zero-order valence-electron chi connectivity index (χ0n) is 11.8. The summed E-state index contributed by atoms with van der Waals surface area (Å²) in [7, 11) is 0. The fourth-order valence-corrected chi connectivity index (χ4v) is 2.95. The van der Waals surface area contributed by atoms with Crippen LogP contribution in [0.3, 0.4) is 0 Å². The van der Waals surface area contributed by atoms with E-state index in [1.165, 1.54) is 64.5 Å². The van der Waals surface area contributed by atoms with E-state index in [1.54, 1.807) is 0 Å². The number of likely N-dealkylation sites (tertiary alicyclic amines) is 1. The molecular weight excluding hydrogens is 210 g/mol. The Bertz CT molecular complexity index is 182. The second-order valence-electron chi connectivity index (χ2n) is 5.68. The average Bonchev–Trinajstić information content (AvgIpc) is 2.70. The minimum absolute atomic E-state index is 0.134. The van der Waals surface area contributed by atoms with E-state index in [9.17, 15) is 5.11 Å². The number of unbranched alkanes of at least 4 members (excludes halogenated alkanes) is 5. The summed E-state index contributed by atoms with van der Waals surface area (Å²) in [6.45, 7) is 6.70. The van der Waals surface area contributed by atoms with Crippen molar-refractivity contribution in [1.29, 1.82) is 0 Å². The molecule has 2 heteroatoms. The van der Waals surface area contributed by atoms with Gasteiger partial charge in [0.05, 0.1) is 6.10 Å². The first-order chi connectivity index (χ1) is 8.24. The van der Waals surface area contributed by atoms with Gasteiger partial charge >= 0.3 is 0 Å². The van der Waals surface area contributed by atoms with Gasteiger partial charge in [-0.05, 0) is 45.7 Å². The zero-order chi connectivity index (χ0) is 12.5. The van der Waals surface area contributed by atoms with Crippen molar-refractivity contribution in [2.75, 3.05) is 13.1 Å². The molecule has 1 N–H and O–H groups in total. The van der Waals surface area contributed by atoms with E-state index in [0.717, 1.165) is 6.42 Å². The van der Waals surface area contributed by atoms with E-state index in [1.807, 2.05) is 6.92 Å². The summed E-state index contributed by atoms with van der Waals surface area (Å²) in [5, 5.41) is 9.47. The lowest BCUT2D eigenvalue weighted by atomic mass is 10.1. The van der Waals surface area contributed by atoms with E-state index in [2.05, 4.69) is 11.8 Å². The van der Waals surface area contributed by atoms with Crippen molar-refractivity contribution in [1.82, 2.24) is 4.90 Å². The van der Waals surface area contributed by atoms with Gasteiger partial charge < -0.3 is 10.0 Å². The van der Waals surface area contributed by atoms with Crippen molar-refractivity contribution >= 4 is 0 Å². The fourth-order valence-electron chi connectivity index (χ4n) is 2.95. The minimum atomic E-state index is -0.134. The lowest BCUT2D eigenvalue weighted by Crippen LogP contribution is -2.32. The summed E-state index contributed by atoms with van der Waals surface area (Å²) in [5.74, 6) is 0. The Balaban J connectivity index is 2.05. The number of hydrogen-bond acceptors (Lipinski definition) is 2. The van der Waals surface area contributed by atoms with Gasteiger partial charge in [-0.25, -0.2) is 0 Å². The van der Waals surface area contributed by atoms with E-state index < -0.39 is 0 Å². The molecule has 0 amide bonds. The molecule has 1 aliphatic rings. The number of hydrogen-bond donors (Lipinski definition) is 1. The van der Waals surface area contributed by atoms with Crippen molar-refractivity contribution in [2.24, 2.45) is 0 Å². The zero-order valence-corrected chi connectivity index (χ0v) is 11.8. The van der Waals surface area contributed by atoms with Crippen LogP contribution in [0, 0.1) is 0 Å². The molecule has 1 rings (SSSR count). The van der Waals surface area contributed by atoms with Gasteiger partial charge in [0.2, 0.25) is 0 Å². The summed E-state index contributed by atoms with van der Waals surface area (Å²) in [6, 6.07) is 0.658. The van der Waals surface area contributed by atoms with Crippen molar-refractivity contribution < 1.29 is 5.11 Å². The highest BCUT2D eigenvalue weighted by molar-refractivity contribution is 4.80. The van der Waals surface area contributed by atoms with Crippen LogP contribution in [0.2, 0.25) is 0 Å². The first kappa shape index (κ1) is 15.0. The molecule has 2 nitrogen and oxygen atoms in total.